The Balaban J connectivity index is 1.89. The maximum Gasteiger partial charge on any atom is 0.235 e. The highest BCUT2D eigenvalue weighted by Crippen LogP contribution is 2.45. The lowest BCUT2D eigenvalue weighted by molar-refractivity contribution is -0.113. The van der Waals surface area contributed by atoms with Gasteiger partial charge in [0.05, 0.1) is 41.6 Å². The van der Waals surface area contributed by atoms with Crippen molar-refractivity contribution < 1.29 is 14.3 Å². The van der Waals surface area contributed by atoms with Gasteiger partial charge in [-0.1, -0.05) is 29.8 Å². The number of para-hydroxylation sites is 1. The molecule has 1 atom stereocenters. The smallest absolute Gasteiger partial charge is 0.235 e. The molecule has 4 rings (SSSR count). The quantitative estimate of drug-likeness (QED) is 0.655. The van der Waals surface area contributed by atoms with Crippen molar-refractivity contribution in [2.24, 2.45) is 0 Å². The van der Waals surface area contributed by atoms with Crippen molar-refractivity contribution in [3.8, 4) is 17.2 Å². The fourth-order valence-corrected chi connectivity index (χ4v) is 4.85. The Bertz CT molecular complexity index is 1080. The number of nitrogens with one attached hydrogen (secondary N) is 1. The summed E-state index contributed by atoms with van der Waals surface area (Å²) in [4.78, 5) is 12.5. The van der Waals surface area contributed by atoms with E-state index in [0.29, 0.717) is 28.1 Å². The van der Waals surface area contributed by atoms with Crippen LogP contribution in [0.5, 0.6) is 11.5 Å². The minimum Gasteiger partial charge on any atom is -0.493 e. The van der Waals surface area contributed by atoms with Crippen molar-refractivity contribution in [3.05, 3.63) is 64.3 Å². The summed E-state index contributed by atoms with van der Waals surface area (Å²) >= 11 is 7.96. The van der Waals surface area contributed by atoms with E-state index in [2.05, 4.69) is 5.32 Å². The van der Waals surface area contributed by atoms with Crippen molar-refractivity contribution in [1.29, 1.82) is 0 Å². The normalized spacial score (nSPS) is 16.0. The van der Waals surface area contributed by atoms with E-state index in [9.17, 15) is 4.79 Å². The Morgan fingerprint density at radius 3 is 2.66 bits per heavy atom. The second kappa shape index (κ2) is 8.00. The molecule has 0 aliphatic carbocycles. The lowest BCUT2D eigenvalue weighted by Gasteiger charge is -2.17. The molecule has 8 heteroatoms. The van der Waals surface area contributed by atoms with Crippen LogP contribution < -0.4 is 14.8 Å². The van der Waals surface area contributed by atoms with Crippen molar-refractivity contribution in [2.75, 3.05) is 25.3 Å². The summed E-state index contributed by atoms with van der Waals surface area (Å²) in [7, 11) is 3.22. The fourth-order valence-electron chi connectivity index (χ4n) is 3.46. The number of hydrogen-bond acceptors (Lipinski definition) is 5. The van der Waals surface area contributed by atoms with Crippen LogP contribution in [0, 0.1) is 6.92 Å². The molecular formula is C21H20ClN3O3S. The van der Waals surface area contributed by atoms with Crippen LogP contribution in [0.3, 0.4) is 0 Å². The van der Waals surface area contributed by atoms with Gasteiger partial charge in [0, 0.05) is 5.56 Å². The summed E-state index contributed by atoms with van der Waals surface area (Å²) in [5.41, 5.74) is 3.51. The highest BCUT2D eigenvalue weighted by Gasteiger charge is 2.31. The predicted octanol–water partition coefficient (Wildman–Crippen LogP) is 4.63. The molecule has 29 heavy (non-hydrogen) atoms. The average molecular weight is 430 g/mol. The van der Waals surface area contributed by atoms with Crippen LogP contribution in [0.2, 0.25) is 5.02 Å². The summed E-state index contributed by atoms with van der Waals surface area (Å²) in [5.74, 6) is 2.20. The number of anilines is 1. The number of carbonyl (C=O) groups is 1. The first kappa shape index (κ1) is 19.7. The molecule has 2 aromatic carbocycles. The molecule has 3 aromatic rings. The van der Waals surface area contributed by atoms with Crippen LogP contribution in [0.1, 0.15) is 22.1 Å². The zero-order valence-corrected chi connectivity index (χ0v) is 17.8. The van der Waals surface area contributed by atoms with E-state index in [4.69, 9.17) is 26.2 Å². The van der Waals surface area contributed by atoms with Gasteiger partial charge in [0.2, 0.25) is 5.91 Å². The fraction of sp³-hybridized carbons (Fsp3) is 0.238. The number of amides is 1. The molecule has 0 spiro atoms. The van der Waals surface area contributed by atoms with Crippen molar-refractivity contribution >= 4 is 35.1 Å². The van der Waals surface area contributed by atoms with Crippen LogP contribution in [0.25, 0.3) is 5.69 Å². The minimum absolute atomic E-state index is 0.0765. The molecule has 1 aliphatic heterocycles. The molecule has 0 radical (unpaired) electrons. The van der Waals surface area contributed by atoms with Crippen LogP contribution >= 0.6 is 23.4 Å². The van der Waals surface area contributed by atoms with Gasteiger partial charge in [-0.05, 0) is 36.8 Å². The molecule has 0 saturated carbocycles. The average Bonchev–Trinajstić information content (AvgIpc) is 2.93. The largest absolute Gasteiger partial charge is 0.493 e. The van der Waals surface area contributed by atoms with Crippen molar-refractivity contribution in [2.45, 2.75) is 12.2 Å². The number of aryl methyl sites for hydroxylation is 1. The molecule has 0 fully saturated rings. The van der Waals surface area contributed by atoms with Gasteiger partial charge in [0.25, 0.3) is 0 Å². The molecule has 6 nitrogen and oxygen atoms in total. The van der Waals surface area contributed by atoms with Crippen LogP contribution in [-0.2, 0) is 4.79 Å². The Kier molecular flexibility index (Phi) is 5.43. The molecule has 150 valence electrons. The number of fused-ring (bicyclic) bond motifs is 1. The third kappa shape index (κ3) is 3.56. The van der Waals surface area contributed by atoms with Gasteiger partial charge in [-0.25, -0.2) is 4.68 Å². The number of thioether (sulfide) groups is 1. The van der Waals surface area contributed by atoms with Crippen molar-refractivity contribution in [3.63, 3.8) is 0 Å². The van der Waals surface area contributed by atoms with E-state index in [0.717, 1.165) is 22.5 Å². The third-order valence-electron chi connectivity index (χ3n) is 4.80. The summed E-state index contributed by atoms with van der Waals surface area (Å²) in [6.45, 7) is 1.94. The van der Waals surface area contributed by atoms with Gasteiger partial charge >= 0.3 is 0 Å². The SMILES string of the molecule is COc1ccc(C2SCC(=O)Nc3c2c(C)nn3-c2ccccc2Cl)cc1OC. The molecule has 0 bridgehead atoms. The molecule has 1 amide bonds. The van der Waals surface area contributed by atoms with E-state index in [1.54, 1.807) is 36.7 Å². The van der Waals surface area contributed by atoms with Gasteiger partial charge in [-0.15, -0.1) is 11.8 Å². The minimum atomic E-state index is -0.0972. The van der Waals surface area contributed by atoms with Gasteiger partial charge < -0.3 is 14.8 Å². The van der Waals surface area contributed by atoms with Crippen LogP contribution in [0.4, 0.5) is 5.82 Å². The van der Waals surface area contributed by atoms with Crippen LogP contribution in [0.15, 0.2) is 42.5 Å². The van der Waals surface area contributed by atoms with E-state index < -0.39 is 0 Å². The number of rotatable bonds is 4. The first-order valence-electron chi connectivity index (χ1n) is 9.01. The van der Waals surface area contributed by atoms with Gasteiger partial charge in [-0.2, -0.15) is 5.10 Å². The number of hydrogen-bond donors (Lipinski definition) is 1. The number of halogens is 1. The maximum absolute atomic E-state index is 12.5. The third-order valence-corrected chi connectivity index (χ3v) is 6.39. The Morgan fingerprint density at radius 2 is 1.93 bits per heavy atom. The zero-order valence-electron chi connectivity index (χ0n) is 16.2. The highest BCUT2D eigenvalue weighted by molar-refractivity contribution is 8.00. The number of aromatic nitrogens is 2. The molecular weight excluding hydrogens is 410 g/mol. The van der Waals surface area contributed by atoms with E-state index in [1.807, 2.05) is 43.3 Å². The monoisotopic (exact) mass is 429 g/mol. The summed E-state index contributed by atoms with van der Waals surface area (Å²) in [6, 6.07) is 13.3. The second-order valence-corrected chi connectivity index (χ2v) is 8.07. The molecule has 2 heterocycles. The van der Waals surface area contributed by atoms with E-state index in [1.165, 1.54) is 0 Å². The number of benzene rings is 2. The topological polar surface area (TPSA) is 65.4 Å². The summed E-state index contributed by atoms with van der Waals surface area (Å²) < 4.78 is 12.5. The van der Waals surface area contributed by atoms with Gasteiger partial charge in [-0.3, -0.25) is 4.79 Å². The van der Waals surface area contributed by atoms with Gasteiger partial charge in [0.1, 0.15) is 5.82 Å². The number of nitrogens with zero attached hydrogens (tertiary/aromatic N) is 2. The molecule has 1 N–H and O–H groups in total. The summed E-state index contributed by atoms with van der Waals surface area (Å²) in [5, 5.41) is 8.18. The Hall–Kier alpha value is -2.64. The molecule has 0 saturated heterocycles. The summed E-state index contributed by atoms with van der Waals surface area (Å²) in [6.07, 6.45) is 0. The lowest BCUT2D eigenvalue weighted by atomic mass is 10.0. The predicted molar refractivity (Wildman–Crippen MR) is 116 cm³/mol. The highest BCUT2D eigenvalue weighted by atomic mass is 35.5. The standard InChI is InChI=1S/C21H20ClN3O3S/c1-12-19-20(13-8-9-16(27-2)17(10-13)28-3)29-11-18(26)23-21(19)25(24-12)15-7-5-4-6-14(15)22/h4-10,20H,11H2,1-3H3,(H,23,26). The maximum atomic E-state index is 12.5. The molecule has 1 unspecified atom stereocenters. The molecule has 1 aliphatic rings. The first-order chi connectivity index (χ1) is 14.0. The number of methoxy groups -OCH3 is 2. The second-order valence-electron chi connectivity index (χ2n) is 6.56. The van der Waals surface area contributed by atoms with Gasteiger partial charge in [0.15, 0.2) is 11.5 Å². The number of ether oxygens (including phenoxy) is 2. The Labute approximate surface area is 178 Å². The van der Waals surface area contributed by atoms with Crippen LogP contribution in [-0.4, -0.2) is 35.7 Å². The first-order valence-corrected chi connectivity index (χ1v) is 10.4. The zero-order chi connectivity index (χ0) is 20.5. The number of carbonyl (C=O) groups excluding carboxylic acids is 1. The van der Waals surface area contributed by atoms with E-state index in [-0.39, 0.29) is 11.2 Å². The Morgan fingerprint density at radius 1 is 1.17 bits per heavy atom. The van der Waals surface area contributed by atoms with E-state index >= 15 is 0 Å². The lowest BCUT2D eigenvalue weighted by Crippen LogP contribution is -2.16. The molecule has 1 aromatic heterocycles. The van der Waals surface area contributed by atoms with Crippen molar-refractivity contribution in [1.82, 2.24) is 9.78 Å².